The summed E-state index contributed by atoms with van der Waals surface area (Å²) < 4.78 is 16.2. The van der Waals surface area contributed by atoms with Gasteiger partial charge in [0.15, 0.2) is 11.5 Å². The van der Waals surface area contributed by atoms with E-state index in [2.05, 4.69) is 5.32 Å². The molecular formula is C26H20Cl2N2O5. The molecule has 0 aliphatic heterocycles. The van der Waals surface area contributed by atoms with Gasteiger partial charge in [0.05, 0.1) is 24.3 Å². The van der Waals surface area contributed by atoms with Crippen LogP contribution in [0.4, 0.5) is 5.69 Å². The third-order valence-corrected chi connectivity index (χ3v) is 5.13. The molecule has 0 atom stereocenters. The number of nitrogens with zero attached hydrogens (tertiary/aromatic N) is 1. The van der Waals surface area contributed by atoms with E-state index >= 15 is 0 Å². The molecule has 1 N–H and O–H groups in total. The van der Waals surface area contributed by atoms with Gasteiger partial charge in [-0.15, -0.1) is 0 Å². The van der Waals surface area contributed by atoms with Crippen molar-refractivity contribution in [3.8, 4) is 23.3 Å². The highest BCUT2D eigenvalue weighted by Crippen LogP contribution is 2.38. The van der Waals surface area contributed by atoms with Crippen LogP contribution in [0, 0.1) is 11.3 Å². The summed E-state index contributed by atoms with van der Waals surface area (Å²) in [7, 11) is 1.52. The van der Waals surface area contributed by atoms with Crippen LogP contribution >= 0.6 is 23.2 Å². The lowest BCUT2D eigenvalue weighted by Gasteiger charge is -2.14. The van der Waals surface area contributed by atoms with Crippen LogP contribution in [-0.2, 0) is 4.79 Å². The summed E-state index contributed by atoms with van der Waals surface area (Å²) in [4.78, 5) is 25.2. The monoisotopic (exact) mass is 510 g/mol. The van der Waals surface area contributed by atoms with Crippen molar-refractivity contribution < 1.29 is 23.8 Å². The van der Waals surface area contributed by atoms with Crippen LogP contribution in [0.1, 0.15) is 22.8 Å². The average molecular weight is 511 g/mol. The van der Waals surface area contributed by atoms with E-state index in [1.54, 1.807) is 55.5 Å². The second-order valence-corrected chi connectivity index (χ2v) is 7.86. The lowest BCUT2D eigenvalue weighted by molar-refractivity contribution is -0.112. The molecule has 0 spiro atoms. The number of nitrogens with one attached hydrogen (secondary N) is 1. The van der Waals surface area contributed by atoms with Crippen LogP contribution in [-0.4, -0.2) is 25.6 Å². The highest BCUT2D eigenvalue weighted by Gasteiger charge is 2.18. The molecule has 0 fully saturated rings. The zero-order valence-corrected chi connectivity index (χ0v) is 20.3. The van der Waals surface area contributed by atoms with Crippen molar-refractivity contribution in [1.82, 2.24) is 0 Å². The van der Waals surface area contributed by atoms with Gasteiger partial charge >= 0.3 is 5.97 Å². The Morgan fingerprint density at radius 2 is 1.83 bits per heavy atom. The van der Waals surface area contributed by atoms with E-state index in [1.807, 2.05) is 6.07 Å². The van der Waals surface area contributed by atoms with Crippen molar-refractivity contribution in [2.75, 3.05) is 19.0 Å². The molecule has 0 aliphatic rings. The number of anilines is 1. The number of methoxy groups -OCH3 is 1. The maximum Gasteiger partial charge on any atom is 0.343 e. The zero-order valence-electron chi connectivity index (χ0n) is 18.8. The van der Waals surface area contributed by atoms with Crippen molar-refractivity contribution in [3.63, 3.8) is 0 Å². The molecule has 9 heteroatoms. The summed E-state index contributed by atoms with van der Waals surface area (Å²) in [6.07, 6.45) is 1.35. The molecule has 178 valence electrons. The Labute approximate surface area is 212 Å². The Morgan fingerprint density at radius 3 is 2.46 bits per heavy atom. The summed E-state index contributed by atoms with van der Waals surface area (Å²) in [6.45, 7) is 2.02. The molecule has 0 saturated carbocycles. The van der Waals surface area contributed by atoms with Gasteiger partial charge in [0.25, 0.3) is 5.91 Å². The van der Waals surface area contributed by atoms with Crippen LogP contribution in [0.25, 0.3) is 6.08 Å². The number of rotatable bonds is 8. The smallest absolute Gasteiger partial charge is 0.343 e. The second-order valence-electron chi connectivity index (χ2n) is 7.02. The number of esters is 1. The Hall–Kier alpha value is -3.99. The Kier molecular flexibility index (Phi) is 8.74. The maximum absolute atomic E-state index is 12.6. The Morgan fingerprint density at radius 1 is 1.09 bits per heavy atom. The van der Waals surface area contributed by atoms with Crippen LogP contribution in [0.15, 0.2) is 66.2 Å². The maximum atomic E-state index is 12.6. The molecule has 35 heavy (non-hydrogen) atoms. The fraction of sp³-hybridized carbons (Fsp3) is 0.115. The fourth-order valence-corrected chi connectivity index (χ4v) is 3.44. The SMILES string of the molecule is CCOc1cc(/C=C(\C#N)C(=O)Nc2cccc(Cl)c2)cc(Cl)c1OC(=O)c1ccc(OC)cc1. The van der Waals surface area contributed by atoms with Crippen LogP contribution in [0.5, 0.6) is 17.2 Å². The van der Waals surface area contributed by atoms with Crippen molar-refractivity contribution in [2.45, 2.75) is 6.92 Å². The quantitative estimate of drug-likeness (QED) is 0.168. The number of carbonyl (C=O) groups is 2. The van der Waals surface area contributed by atoms with Gasteiger partial charge in [-0.05, 0) is 73.2 Å². The van der Waals surface area contributed by atoms with E-state index in [4.69, 9.17) is 37.4 Å². The van der Waals surface area contributed by atoms with Crippen LogP contribution < -0.4 is 19.5 Å². The lowest BCUT2D eigenvalue weighted by atomic mass is 10.1. The van der Waals surface area contributed by atoms with Crippen molar-refractivity contribution in [3.05, 3.63) is 87.4 Å². The predicted octanol–water partition coefficient (Wildman–Crippen LogP) is 6.17. The van der Waals surface area contributed by atoms with Crippen LogP contribution in [0.2, 0.25) is 10.0 Å². The van der Waals surface area contributed by atoms with Crippen molar-refractivity contribution in [1.29, 1.82) is 5.26 Å². The minimum Gasteiger partial charge on any atom is -0.497 e. The minimum absolute atomic E-state index is 0.0216. The molecule has 0 aliphatic carbocycles. The molecular weight excluding hydrogens is 491 g/mol. The van der Waals surface area contributed by atoms with Crippen molar-refractivity contribution in [2.24, 2.45) is 0 Å². The van der Waals surface area contributed by atoms with E-state index in [9.17, 15) is 14.9 Å². The van der Waals surface area contributed by atoms with Crippen LogP contribution in [0.3, 0.4) is 0 Å². The Balaban J connectivity index is 1.87. The van der Waals surface area contributed by atoms with Gasteiger partial charge in [0.2, 0.25) is 0 Å². The first-order valence-corrected chi connectivity index (χ1v) is 11.1. The molecule has 0 saturated heterocycles. The molecule has 0 unspecified atom stereocenters. The number of hydrogen-bond donors (Lipinski definition) is 1. The van der Waals surface area contributed by atoms with E-state index < -0.39 is 11.9 Å². The standard InChI is InChI=1S/C26H20Cl2N2O5/c1-3-34-23-13-16(11-18(15-29)25(31)30-20-6-4-5-19(27)14-20)12-22(28)24(23)35-26(32)17-7-9-21(33-2)10-8-17/h4-14H,3H2,1-2H3,(H,30,31)/b18-11+. The third-order valence-electron chi connectivity index (χ3n) is 4.61. The lowest BCUT2D eigenvalue weighted by Crippen LogP contribution is -2.13. The van der Waals surface area contributed by atoms with Gasteiger partial charge < -0.3 is 19.5 Å². The first kappa shape index (κ1) is 25.6. The summed E-state index contributed by atoms with van der Waals surface area (Å²) in [5.41, 5.74) is 0.960. The largest absolute Gasteiger partial charge is 0.497 e. The molecule has 0 radical (unpaired) electrons. The van der Waals surface area contributed by atoms with E-state index in [1.165, 1.54) is 25.3 Å². The molecule has 1 amide bonds. The molecule has 7 nitrogen and oxygen atoms in total. The highest BCUT2D eigenvalue weighted by molar-refractivity contribution is 6.32. The predicted molar refractivity (Wildman–Crippen MR) is 134 cm³/mol. The highest BCUT2D eigenvalue weighted by atomic mass is 35.5. The average Bonchev–Trinajstić information content (AvgIpc) is 2.84. The first-order chi connectivity index (χ1) is 16.8. The fourth-order valence-electron chi connectivity index (χ4n) is 2.99. The van der Waals surface area contributed by atoms with Crippen molar-refractivity contribution >= 4 is 46.8 Å². The Bertz CT molecular complexity index is 1310. The molecule has 0 heterocycles. The number of benzene rings is 3. The molecule has 3 rings (SSSR count). The number of hydrogen-bond acceptors (Lipinski definition) is 6. The summed E-state index contributed by atoms with van der Waals surface area (Å²) in [6, 6.07) is 17.8. The van der Waals surface area contributed by atoms with E-state index in [0.29, 0.717) is 22.0 Å². The molecule has 0 aromatic heterocycles. The van der Waals surface area contributed by atoms with Gasteiger partial charge in [-0.1, -0.05) is 29.3 Å². The number of carbonyl (C=O) groups excluding carboxylic acids is 2. The summed E-state index contributed by atoms with van der Waals surface area (Å²) in [5.74, 6) is -0.469. The number of nitriles is 1. The van der Waals surface area contributed by atoms with Gasteiger partial charge in [-0.25, -0.2) is 4.79 Å². The zero-order chi connectivity index (χ0) is 25.4. The normalized spacial score (nSPS) is 10.8. The van der Waals surface area contributed by atoms with Gasteiger partial charge in [0, 0.05) is 10.7 Å². The summed E-state index contributed by atoms with van der Waals surface area (Å²) in [5, 5.41) is 12.6. The first-order valence-electron chi connectivity index (χ1n) is 10.4. The number of ether oxygens (including phenoxy) is 3. The van der Waals surface area contributed by atoms with Gasteiger partial charge in [0.1, 0.15) is 17.4 Å². The van der Waals surface area contributed by atoms with Gasteiger partial charge in [-0.3, -0.25) is 4.79 Å². The third kappa shape index (κ3) is 6.76. The number of halogens is 2. The van der Waals surface area contributed by atoms with E-state index in [0.717, 1.165) is 0 Å². The topological polar surface area (TPSA) is 97.6 Å². The molecule has 3 aromatic rings. The van der Waals surface area contributed by atoms with Gasteiger partial charge in [-0.2, -0.15) is 5.26 Å². The van der Waals surface area contributed by atoms with E-state index in [-0.39, 0.29) is 34.3 Å². The minimum atomic E-state index is -0.641. The molecule has 3 aromatic carbocycles. The second kappa shape index (κ2) is 11.9. The molecule has 0 bridgehead atoms. The number of amides is 1. The summed E-state index contributed by atoms with van der Waals surface area (Å²) >= 11 is 12.3.